The fourth-order valence-corrected chi connectivity index (χ4v) is 4.75. The molecule has 4 heterocycles. The zero-order chi connectivity index (χ0) is 15.9. The van der Waals surface area contributed by atoms with E-state index in [1.165, 1.54) is 0 Å². The number of rotatable bonds is 4. The van der Waals surface area contributed by atoms with Crippen LogP contribution in [0.3, 0.4) is 0 Å². The summed E-state index contributed by atoms with van der Waals surface area (Å²) in [5, 5.41) is 0.835. The number of para-hydroxylation sites is 1. The highest BCUT2D eigenvalue weighted by atomic mass is 32.2. The molecule has 1 N–H and O–H groups in total. The molecule has 23 heavy (non-hydrogen) atoms. The van der Waals surface area contributed by atoms with Crippen LogP contribution in [-0.2, 0) is 10.0 Å². The number of nitrogens with one attached hydrogen (secondary N) is 1. The van der Waals surface area contributed by atoms with E-state index < -0.39 is 10.0 Å². The van der Waals surface area contributed by atoms with E-state index >= 15 is 0 Å². The molecule has 0 aliphatic carbocycles. The van der Waals surface area contributed by atoms with Crippen molar-refractivity contribution in [3.05, 3.63) is 36.5 Å². The van der Waals surface area contributed by atoms with Crippen molar-refractivity contribution in [1.82, 2.24) is 19.5 Å². The Morgan fingerprint density at radius 3 is 2.65 bits per heavy atom. The molecule has 7 heteroatoms. The van der Waals surface area contributed by atoms with Crippen LogP contribution >= 0.6 is 0 Å². The molecule has 3 aliphatic heterocycles. The zero-order valence-electron chi connectivity index (χ0n) is 12.9. The number of benzene rings is 1. The lowest BCUT2D eigenvalue weighted by molar-refractivity contribution is 0.0158. The Morgan fingerprint density at radius 1 is 1.13 bits per heavy atom. The SMILES string of the molecule is O=S(=O)(NCC1CN2CCN1CC2)c1cccc2cccnc12. The molecule has 1 atom stereocenters. The predicted molar refractivity (Wildman–Crippen MR) is 88.7 cm³/mol. The van der Waals surface area contributed by atoms with Gasteiger partial charge in [0.25, 0.3) is 0 Å². The predicted octanol–water partition coefficient (Wildman–Crippen LogP) is 0.513. The number of pyridine rings is 1. The van der Waals surface area contributed by atoms with E-state index in [0.717, 1.165) is 38.1 Å². The standard InChI is InChI=1S/C16H20N4O2S/c21-23(22,15-5-1-3-13-4-2-6-17-16(13)15)18-11-14-12-19-7-9-20(14)10-8-19/h1-6,14,18H,7-12H2. The van der Waals surface area contributed by atoms with Crippen LogP contribution in [0.1, 0.15) is 0 Å². The van der Waals surface area contributed by atoms with E-state index in [1.807, 2.05) is 18.2 Å². The smallest absolute Gasteiger partial charge is 0.242 e. The van der Waals surface area contributed by atoms with Gasteiger partial charge in [0.1, 0.15) is 4.90 Å². The topological polar surface area (TPSA) is 65.5 Å². The van der Waals surface area contributed by atoms with E-state index in [1.54, 1.807) is 18.3 Å². The molecule has 1 aromatic carbocycles. The van der Waals surface area contributed by atoms with E-state index in [2.05, 4.69) is 19.5 Å². The molecule has 2 aromatic rings. The number of fused-ring (bicyclic) bond motifs is 4. The van der Waals surface area contributed by atoms with Crippen LogP contribution < -0.4 is 4.72 Å². The molecular formula is C16H20N4O2S. The summed E-state index contributed by atoms with van der Waals surface area (Å²) < 4.78 is 28.2. The van der Waals surface area contributed by atoms with Crippen LogP contribution in [0.5, 0.6) is 0 Å². The first-order chi connectivity index (χ1) is 11.1. The van der Waals surface area contributed by atoms with Crippen molar-refractivity contribution >= 4 is 20.9 Å². The summed E-state index contributed by atoms with van der Waals surface area (Å²) in [6, 6.07) is 9.20. The Balaban J connectivity index is 1.55. The van der Waals surface area contributed by atoms with E-state index in [9.17, 15) is 8.42 Å². The first-order valence-electron chi connectivity index (χ1n) is 7.93. The van der Waals surface area contributed by atoms with Crippen molar-refractivity contribution in [3.63, 3.8) is 0 Å². The van der Waals surface area contributed by atoms with Gasteiger partial charge in [0.2, 0.25) is 10.0 Å². The maximum atomic E-state index is 12.7. The normalized spacial score (nSPS) is 27.4. The lowest BCUT2D eigenvalue weighted by atomic mass is 10.1. The largest absolute Gasteiger partial charge is 0.299 e. The average Bonchev–Trinajstić information content (AvgIpc) is 2.60. The van der Waals surface area contributed by atoms with E-state index in [-0.39, 0.29) is 10.9 Å². The van der Waals surface area contributed by atoms with Crippen LogP contribution in [-0.4, -0.2) is 68.5 Å². The first-order valence-corrected chi connectivity index (χ1v) is 9.42. The molecule has 3 aliphatic rings. The van der Waals surface area contributed by atoms with Crippen molar-refractivity contribution in [2.75, 3.05) is 39.3 Å². The minimum absolute atomic E-state index is 0.256. The van der Waals surface area contributed by atoms with E-state index in [4.69, 9.17) is 0 Å². The van der Waals surface area contributed by atoms with Crippen molar-refractivity contribution in [2.24, 2.45) is 0 Å². The van der Waals surface area contributed by atoms with Crippen LogP contribution in [0.25, 0.3) is 10.9 Å². The zero-order valence-corrected chi connectivity index (χ0v) is 13.7. The van der Waals surface area contributed by atoms with Crippen LogP contribution in [0.4, 0.5) is 0 Å². The molecule has 6 nitrogen and oxygen atoms in total. The quantitative estimate of drug-likeness (QED) is 0.884. The van der Waals surface area contributed by atoms with Crippen molar-refractivity contribution in [3.8, 4) is 0 Å². The van der Waals surface area contributed by atoms with Crippen LogP contribution in [0.2, 0.25) is 0 Å². The molecule has 3 fully saturated rings. The average molecular weight is 332 g/mol. The number of aromatic nitrogens is 1. The number of hydrogen-bond donors (Lipinski definition) is 1. The minimum Gasteiger partial charge on any atom is -0.299 e. The Kier molecular flexibility index (Phi) is 3.81. The third kappa shape index (κ3) is 2.85. The molecule has 5 rings (SSSR count). The van der Waals surface area contributed by atoms with Crippen molar-refractivity contribution < 1.29 is 8.42 Å². The van der Waals surface area contributed by atoms with Gasteiger partial charge in [-0.25, -0.2) is 13.1 Å². The summed E-state index contributed by atoms with van der Waals surface area (Å²) in [4.78, 5) is 9.28. The Labute approximate surface area is 136 Å². The summed E-state index contributed by atoms with van der Waals surface area (Å²) in [6.45, 7) is 5.63. The summed E-state index contributed by atoms with van der Waals surface area (Å²) in [5.41, 5.74) is 0.525. The number of nitrogens with zero attached hydrogens (tertiary/aromatic N) is 3. The van der Waals surface area contributed by atoms with Crippen molar-refractivity contribution in [2.45, 2.75) is 10.9 Å². The summed E-state index contributed by atoms with van der Waals surface area (Å²) >= 11 is 0. The molecular weight excluding hydrogens is 312 g/mol. The second-order valence-electron chi connectivity index (χ2n) is 6.17. The molecule has 1 aromatic heterocycles. The van der Waals surface area contributed by atoms with Gasteiger partial charge in [-0.15, -0.1) is 0 Å². The highest BCUT2D eigenvalue weighted by Gasteiger charge is 2.32. The monoisotopic (exact) mass is 332 g/mol. The lowest BCUT2D eigenvalue weighted by Gasteiger charge is -2.47. The van der Waals surface area contributed by atoms with Gasteiger partial charge in [-0.2, -0.15) is 0 Å². The molecule has 2 bridgehead atoms. The summed E-state index contributed by atoms with van der Waals surface area (Å²) in [5.74, 6) is 0. The van der Waals surface area contributed by atoms with Gasteiger partial charge >= 0.3 is 0 Å². The Bertz CT molecular complexity index is 810. The van der Waals surface area contributed by atoms with Gasteiger partial charge in [-0.05, 0) is 12.1 Å². The highest BCUT2D eigenvalue weighted by Crippen LogP contribution is 2.21. The maximum absolute atomic E-state index is 12.7. The molecule has 0 spiro atoms. The third-order valence-electron chi connectivity index (χ3n) is 4.79. The van der Waals surface area contributed by atoms with E-state index in [0.29, 0.717) is 12.1 Å². The lowest BCUT2D eigenvalue weighted by Crippen LogP contribution is -2.63. The number of hydrogen-bond acceptors (Lipinski definition) is 5. The molecule has 0 amide bonds. The van der Waals surface area contributed by atoms with Gasteiger partial charge in [0.05, 0.1) is 5.52 Å². The fourth-order valence-electron chi connectivity index (χ4n) is 3.49. The Hall–Kier alpha value is -1.54. The number of sulfonamides is 1. The molecule has 3 saturated heterocycles. The Morgan fingerprint density at radius 2 is 1.91 bits per heavy atom. The molecule has 0 radical (unpaired) electrons. The second-order valence-corrected chi connectivity index (χ2v) is 7.91. The number of piperazine rings is 3. The third-order valence-corrected chi connectivity index (χ3v) is 6.24. The van der Waals surface area contributed by atoms with Crippen LogP contribution in [0, 0.1) is 0 Å². The maximum Gasteiger partial charge on any atom is 0.242 e. The van der Waals surface area contributed by atoms with Gasteiger partial charge in [-0.1, -0.05) is 18.2 Å². The highest BCUT2D eigenvalue weighted by molar-refractivity contribution is 7.89. The molecule has 0 saturated carbocycles. The molecule has 122 valence electrons. The fraction of sp³-hybridized carbons (Fsp3) is 0.438. The minimum atomic E-state index is -3.56. The van der Waals surface area contributed by atoms with Gasteiger partial charge < -0.3 is 0 Å². The van der Waals surface area contributed by atoms with Crippen LogP contribution in [0.15, 0.2) is 41.4 Å². The first kappa shape index (κ1) is 15.0. The summed E-state index contributed by atoms with van der Waals surface area (Å²) in [7, 11) is -3.56. The molecule has 1 unspecified atom stereocenters. The summed E-state index contributed by atoms with van der Waals surface area (Å²) in [6.07, 6.45) is 1.63. The van der Waals surface area contributed by atoms with Gasteiger partial charge in [0.15, 0.2) is 0 Å². The van der Waals surface area contributed by atoms with Gasteiger partial charge in [-0.3, -0.25) is 14.8 Å². The van der Waals surface area contributed by atoms with Gasteiger partial charge in [0, 0.05) is 56.9 Å². The second kappa shape index (κ2) is 5.83. The van der Waals surface area contributed by atoms with Crippen molar-refractivity contribution in [1.29, 1.82) is 0 Å².